The van der Waals surface area contributed by atoms with E-state index in [1.54, 1.807) is 66.7 Å². The normalized spacial score (nSPS) is 20.0. The van der Waals surface area contributed by atoms with Crippen molar-refractivity contribution in [3.63, 3.8) is 0 Å². The molecule has 9 aliphatic heterocycles. The lowest BCUT2D eigenvalue weighted by Crippen LogP contribution is -2.42. The van der Waals surface area contributed by atoms with Crippen molar-refractivity contribution in [3.05, 3.63) is 249 Å². The van der Waals surface area contributed by atoms with Gasteiger partial charge in [0.1, 0.15) is 61.6 Å². The first-order valence-electron chi connectivity index (χ1n) is 40.7. The summed E-state index contributed by atoms with van der Waals surface area (Å²) in [4.78, 5) is 192. The molecule has 0 aliphatic carbocycles. The molecule has 134 heavy (non-hydrogen) atoms. The van der Waals surface area contributed by atoms with Gasteiger partial charge >= 0.3 is 6.18 Å². The molecule has 1 unspecified atom stereocenters. The molecule has 4 fully saturated rings. The van der Waals surface area contributed by atoms with Crippen LogP contribution in [0.5, 0.6) is 23.0 Å². The van der Waals surface area contributed by atoms with E-state index < -0.39 is 127 Å². The Balaban J connectivity index is 0.000000130. The first-order valence-corrected chi connectivity index (χ1v) is 40.7. The van der Waals surface area contributed by atoms with Gasteiger partial charge in [-0.05, 0) is 119 Å². The molecule has 12 amide bonds. The minimum atomic E-state index is -4.58. The number of methoxy groups -OCH3 is 4. The van der Waals surface area contributed by atoms with Crippen molar-refractivity contribution in [1.82, 2.24) is 61.3 Å². The summed E-state index contributed by atoms with van der Waals surface area (Å²) in [5.41, 5.74) is 3.76. The fraction of sp³-hybridized carbons (Fsp3) is 0.245. The highest BCUT2D eigenvalue weighted by Gasteiger charge is 2.54. The molecule has 0 saturated carbocycles. The summed E-state index contributed by atoms with van der Waals surface area (Å²) in [7, 11) is 5.58. The van der Waals surface area contributed by atoms with Gasteiger partial charge in [-0.2, -0.15) is 13.2 Å². The maximum atomic E-state index is 14.7. The topological polar surface area (TPSA) is 455 Å². The number of hydrogen-bond donors (Lipinski definition) is 10. The maximum Gasteiger partial charge on any atom is 0.407 e. The molecule has 5 atom stereocenters. The average Bonchev–Trinajstić information content (AvgIpc) is 1.63. The lowest BCUT2D eigenvalue weighted by molar-refractivity contribution is -0.149. The smallest absolute Gasteiger partial charge is 0.407 e. The summed E-state index contributed by atoms with van der Waals surface area (Å²) in [6.07, 6.45) is -5.58. The van der Waals surface area contributed by atoms with Gasteiger partial charge in [-0.15, -0.1) is 0 Å². The van der Waals surface area contributed by atoms with E-state index in [0.717, 1.165) is 23.3 Å². The minimum Gasteiger partial charge on any atom is -0.497 e. The summed E-state index contributed by atoms with van der Waals surface area (Å²) < 4.78 is 117. The second kappa shape index (κ2) is 35.2. The molecule has 0 bridgehead atoms. The molecular weight excluding hydrogens is 1760 g/mol. The Morgan fingerprint density at radius 3 is 1.12 bits per heavy atom. The van der Waals surface area contributed by atoms with Gasteiger partial charge in [-0.3, -0.25) is 114 Å². The molecule has 33 nitrogen and oxygen atoms in total. The molecule has 40 heteroatoms. The van der Waals surface area contributed by atoms with Crippen LogP contribution >= 0.6 is 0 Å². The third kappa shape index (κ3) is 17.2. The number of carbonyl (C=O) groups is 13. The molecule has 10 aromatic rings. The third-order valence-corrected chi connectivity index (χ3v) is 23.8. The van der Waals surface area contributed by atoms with E-state index in [4.69, 9.17) is 24.7 Å². The number of halogens is 7. The monoisotopic (exact) mass is 1830 g/mol. The number of ether oxygens (including phenoxy) is 4. The highest BCUT2D eigenvalue weighted by molar-refractivity contribution is 6.13. The number of nitrogens with two attached hydrogens (primary N) is 1. The summed E-state index contributed by atoms with van der Waals surface area (Å²) in [6, 6.07) is 29.3. The molecule has 9 aliphatic rings. The van der Waals surface area contributed by atoms with Gasteiger partial charge in [-0.1, -0.05) is 83.8 Å². The molecule has 4 saturated heterocycles. The molecule has 680 valence electrons. The number of aromatic nitrogens is 4. The van der Waals surface area contributed by atoms with Gasteiger partial charge in [-0.25, -0.2) is 17.6 Å². The number of anilines is 1. The Morgan fingerprint density at radius 2 is 0.754 bits per heavy atom. The van der Waals surface area contributed by atoms with Crippen molar-refractivity contribution in [2.24, 2.45) is 27.4 Å². The van der Waals surface area contributed by atoms with Crippen molar-refractivity contribution in [1.29, 1.82) is 0 Å². The first-order chi connectivity index (χ1) is 63.8. The molecular formula is C94H71F7N14O19. The Labute approximate surface area is 751 Å². The number of alkyl halides is 3. The van der Waals surface area contributed by atoms with Crippen LogP contribution in [0.15, 0.2) is 137 Å². The molecule has 19 rings (SSSR count). The van der Waals surface area contributed by atoms with Crippen LogP contribution in [0, 0.1) is 92.3 Å². The number of hydrogen-bond acceptors (Lipinski definition) is 21. The second-order valence-corrected chi connectivity index (χ2v) is 32.6. The van der Waals surface area contributed by atoms with Crippen molar-refractivity contribution in [3.8, 4) is 70.4 Å². The average molecular weight is 1830 g/mol. The largest absolute Gasteiger partial charge is 0.497 e. The first kappa shape index (κ1) is 90.5. The minimum absolute atomic E-state index is 0.0160. The number of nitrogens with zero attached hydrogens (tertiary/aromatic N) is 4. The summed E-state index contributed by atoms with van der Waals surface area (Å²) in [5, 5.41) is 21.3. The number of aromatic amines is 4. The summed E-state index contributed by atoms with van der Waals surface area (Å²) >= 11 is 0. The van der Waals surface area contributed by atoms with Gasteiger partial charge < -0.3 is 49.6 Å². The number of ketones is 1. The number of amides is 12. The fourth-order valence-electron chi connectivity index (χ4n) is 16.9. The lowest BCUT2D eigenvalue weighted by Gasteiger charge is -2.25. The highest BCUT2D eigenvalue weighted by atomic mass is 19.4. The Morgan fingerprint density at radius 1 is 0.396 bits per heavy atom. The van der Waals surface area contributed by atoms with Crippen LogP contribution in [0.4, 0.5) is 36.4 Å². The van der Waals surface area contributed by atoms with Gasteiger partial charge in [0.15, 0.2) is 28.9 Å². The van der Waals surface area contributed by atoms with E-state index in [9.17, 15) is 103 Å². The van der Waals surface area contributed by atoms with E-state index in [1.807, 2.05) is 0 Å². The van der Waals surface area contributed by atoms with Crippen LogP contribution < -0.4 is 62.4 Å². The number of Topliss-reactive ketones (excluding diaryl/α,β-unsaturated/α-hetero) is 1. The Hall–Kier alpha value is -16.9. The van der Waals surface area contributed by atoms with E-state index in [2.05, 4.69) is 94.3 Å². The van der Waals surface area contributed by atoms with Crippen LogP contribution in [-0.2, 0) is 64.5 Å². The number of benzene rings is 8. The summed E-state index contributed by atoms with van der Waals surface area (Å²) in [6.45, 7) is 0.139. The van der Waals surface area contributed by atoms with Crippen molar-refractivity contribution >= 4 is 104 Å². The molecule has 0 spiro atoms. The van der Waals surface area contributed by atoms with E-state index in [1.165, 1.54) is 96.6 Å². The zero-order chi connectivity index (χ0) is 95.5. The number of carbonyl (C=O) groups excluding carboxylic acids is 13. The zero-order valence-corrected chi connectivity index (χ0v) is 70.7. The number of H-pyrrole nitrogens is 4. The number of nitrogens with one attached hydrogen (secondary N) is 9. The molecule has 8 aromatic carbocycles. The Bertz CT molecular complexity index is 7260. The van der Waals surface area contributed by atoms with Gasteiger partial charge in [0, 0.05) is 97.0 Å². The fourth-order valence-corrected chi connectivity index (χ4v) is 16.9. The SMILES string of the molecule is COc1ccc2c(c1)C(=O)N(C[C@@]1(C#Cc3cc(F)c4c(=O)[nH][nH]c4c3)CC(=O)NC1=O)C2.COc1ccc2c(c1)C(=O)N(C[C@@]1(C#Cc3ccc(C(N)C(F)(F)F)cc3)CC(=O)NC1=O)C2.COc1ccc2c(c1F)C(=O)N(C[C@@]1(C#Cc3cc(F)c4c(=O)[nH][nH]c4c3)CC(=O)NC1=O)C2.COc1ccc2c(c1F)C(=O)N(C[C@@]1(C#Cc3ccc4c(c3)NCC4=O)CC(=O)NC1=O)C2. The predicted octanol–water partition coefficient (Wildman–Crippen LogP) is 6.01. The van der Waals surface area contributed by atoms with E-state index >= 15 is 0 Å². The highest BCUT2D eigenvalue weighted by Crippen LogP contribution is 2.42. The van der Waals surface area contributed by atoms with Crippen LogP contribution in [-0.4, -0.2) is 184 Å². The summed E-state index contributed by atoms with van der Waals surface area (Å²) in [5.74, 6) is 13.7. The lowest BCUT2D eigenvalue weighted by atomic mass is 9.85. The maximum absolute atomic E-state index is 14.7. The van der Waals surface area contributed by atoms with Crippen molar-refractivity contribution < 1.29 is 112 Å². The number of rotatable bonds is 13. The van der Waals surface area contributed by atoms with Crippen LogP contribution in [0.3, 0.4) is 0 Å². The molecule has 0 radical (unpaired) electrons. The van der Waals surface area contributed by atoms with Crippen LogP contribution in [0.1, 0.15) is 134 Å². The van der Waals surface area contributed by atoms with Crippen LogP contribution in [0.25, 0.3) is 21.8 Å². The number of fused-ring (bicyclic) bond motifs is 7. The Kier molecular flexibility index (Phi) is 23.8. The standard InChI is InChI=1S/C24H20F3N3O4.C24H18FN3O5.C23H16F2N4O5.C23H17FN4O5/c1-34-17-7-6-16-12-30(21(32)18(16)10-17)13-23(11-19(31)29-22(23)33)9-8-14-2-4-15(5-3-14)20(28)24(25,26)27;1-33-18-5-3-14-11-28(22(31)20(14)21(18)25)12-24(9-19(30)27-23(24)32)7-6-13-2-4-15-16(8-13)26-10-17(15)29;1-34-15-3-2-12-9-29(21(32)17(12)19(15)25)10-23(8-16(30)26-22(23)33)5-4-11-6-13(24)18-14(7-11)27-28-20(18)31;1-33-14-3-2-13-10-28(21(31)15(13)8-14)11-23(9-18(29)25-22(23)32)5-4-12-6-16(24)19-17(7-12)26-27-20(19)30/h2-7,10,20H,11-13,28H2,1H3,(H,29,31,33);2-5,8,26H,9-12H2,1H3,(H,27,30,32);2-3,6-7H,8-10H2,1H3,(H,26,30,33)(H2,27,28,31);2-3,6-8H,9-11H2,1H3,(H,25,29,32)(H2,26,27,30)/t20?,23-;24-;2*23-/m1111/s1. The quantitative estimate of drug-likeness (QED) is 0.0359. The molecule has 2 aromatic heterocycles. The van der Waals surface area contributed by atoms with E-state index in [0.29, 0.717) is 56.1 Å². The van der Waals surface area contributed by atoms with Crippen molar-refractivity contribution in [2.45, 2.75) is 64.1 Å². The van der Waals surface area contributed by atoms with Gasteiger partial charge in [0.25, 0.3) is 34.7 Å². The van der Waals surface area contributed by atoms with Gasteiger partial charge in [0.05, 0.1) is 82.8 Å². The number of imide groups is 4. The zero-order valence-electron chi connectivity index (χ0n) is 70.7. The predicted molar refractivity (Wildman–Crippen MR) is 456 cm³/mol. The van der Waals surface area contributed by atoms with Crippen LogP contribution in [0.2, 0.25) is 0 Å². The molecule has 11 N–H and O–H groups in total. The third-order valence-electron chi connectivity index (χ3n) is 23.8. The molecule has 11 heterocycles. The van der Waals surface area contributed by atoms with Gasteiger partial charge in [0.2, 0.25) is 47.3 Å². The second-order valence-electron chi connectivity index (χ2n) is 32.6. The van der Waals surface area contributed by atoms with E-state index in [-0.39, 0.29) is 163 Å². The van der Waals surface area contributed by atoms with Crippen molar-refractivity contribution in [2.75, 3.05) is 66.5 Å².